The van der Waals surface area contributed by atoms with E-state index < -0.39 is 0 Å². The van der Waals surface area contributed by atoms with Gasteiger partial charge in [0.05, 0.1) is 4.88 Å². The third-order valence-corrected chi connectivity index (χ3v) is 4.93. The molecule has 23 heavy (non-hydrogen) atoms. The number of hydrogen-bond donors (Lipinski definition) is 2. The summed E-state index contributed by atoms with van der Waals surface area (Å²) >= 11 is 1.68. The van der Waals surface area contributed by atoms with E-state index in [2.05, 4.69) is 42.6 Å². The van der Waals surface area contributed by atoms with Crippen LogP contribution in [0.2, 0.25) is 0 Å². The fraction of sp³-hybridized carbons (Fsp3) is 0.294. The molecule has 0 bridgehead atoms. The summed E-state index contributed by atoms with van der Waals surface area (Å²) in [7, 11) is 0. The molecule has 1 fully saturated rings. The number of carbonyl (C=O) groups is 2. The summed E-state index contributed by atoms with van der Waals surface area (Å²) in [6, 6.07) is 12.3. The van der Waals surface area contributed by atoms with Crippen molar-refractivity contribution in [1.82, 2.24) is 10.2 Å². The molecular formula is C17H20N3O2S+. The molecule has 1 aliphatic heterocycles. The van der Waals surface area contributed by atoms with Crippen molar-refractivity contribution in [2.75, 3.05) is 19.6 Å². The maximum absolute atomic E-state index is 12.3. The molecular weight excluding hydrogens is 310 g/mol. The Hall–Kier alpha value is -2.18. The molecule has 1 atom stereocenters. The zero-order valence-corrected chi connectivity index (χ0v) is 13.8. The number of nitrogens with zero attached hydrogens (tertiary/aromatic N) is 1. The number of amides is 3. The van der Waals surface area contributed by atoms with Crippen LogP contribution in [-0.2, 0) is 4.79 Å². The number of quaternary nitrogens is 1. The van der Waals surface area contributed by atoms with Crippen molar-refractivity contribution in [3.63, 3.8) is 0 Å². The molecule has 5 nitrogen and oxygen atoms in total. The third kappa shape index (κ3) is 3.60. The number of hydrogen-bond acceptors (Lipinski definition) is 3. The number of rotatable bonds is 5. The van der Waals surface area contributed by atoms with Gasteiger partial charge in [-0.3, -0.25) is 9.69 Å². The van der Waals surface area contributed by atoms with Gasteiger partial charge in [-0.15, -0.1) is 11.3 Å². The minimum absolute atomic E-state index is 0.0743. The number of carbonyl (C=O) groups excluding carboxylic acids is 2. The van der Waals surface area contributed by atoms with Crippen molar-refractivity contribution in [2.24, 2.45) is 0 Å². The zero-order chi connectivity index (χ0) is 16.2. The monoisotopic (exact) mass is 330 g/mol. The Labute approximate surface area is 139 Å². The molecule has 3 rings (SSSR count). The van der Waals surface area contributed by atoms with Gasteiger partial charge in [-0.25, -0.2) is 4.79 Å². The molecule has 1 aliphatic rings. The molecule has 0 radical (unpaired) electrons. The van der Waals surface area contributed by atoms with Gasteiger partial charge in [-0.05, 0) is 18.4 Å². The van der Waals surface area contributed by atoms with Gasteiger partial charge in [0.25, 0.3) is 5.91 Å². The van der Waals surface area contributed by atoms with Crippen molar-refractivity contribution < 1.29 is 14.9 Å². The SMILES string of the molecule is Cc1ccc([C@H]([NH2+]CC(=O)N2CCNC2=O)c2cccs2)cc1. The normalized spacial score (nSPS) is 15.5. The molecule has 1 aromatic heterocycles. The van der Waals surface area contributed by atoms with Crippen LogP contribution >= 0.6 is 11.3 Å². The summed E-state index contributed by atoms with van der Waals surface area (Å²) < 4.78 is 0. The van der Waals surface area contributed by atoms with Gasteiger partial charge in [-0.2, -0.15) is 0 Å². The number of benzene rings is 1. The lowest BCUT2D eigenvalue weighted by Gasteiger charge is -2.17. The highest BCUT2D eigenvalue weighted by atomic mass is 32.1. The Morgan fingerprint density at radius 2 is 2.13 bits per heavy atom. The van der Waals surface area contributed by atoms with E-state index in [1.54, 1.807) is 11.3 Å². The average Bonchev–Trinajstić information content (AvgIpc) is 3.20. The topological polar surface area (TPSA) is 66.0 Å². The largest absolute Gasteiger partial charge is 0.336 e. The average molecular weight is 330 g/mol. The Bertz CT molecular complexity index is 682. The third-order valence-electron chi connectivity index (χ3n) is 3.97. The molecule has 2 heterocycles. The first-order valence-corrected chi connectivity index (χ1v) is 8.54. The predicted molar refractivity (Wildman–Crippen MR) is 89.2 cm³/mol. The molecule has 6 heteroatoms. The molecule has 0 aliphatic carbocycles. The standard InChI is InChI=1S/C17H19N3O2S/c1-12-4-6-13(7-5-12)16(14-3-2-10-23-14)19-11-15(21)20-9-8-18-17(20)22/h2-7,10,16,19H,8-9,11H2,1H3,(H,18,22)/p+1/t16-/m0/s1. The Balaban J connectivity index is 1.73. The van der Waals surface area contributed by atoms with E-state index >= 15 is 0 Å². The van der Waals surface area contributed by atoms with Gasteiger partial charge in [0.1, 0.15) is 6.04 Å². The van der Waals surface area contributed by atoms with E-state index in [4.69, 9.17) is 0 Å². The maximum atomic E-state index is 12.3. The van der Waals surface area contributed by atoms with E-state index in [0.29, 0.717) is 13.1 Å². The van der Waals surface area contributed by atoms with Crippen molar-refractivity contribution in [1.29, 1.82) is 0 Å². The van der Waals surface area contributed by atoms with Crippen LogP contribution in [0.1, 0.15) is 22.0 Å². The Kier molecular flexibility index (Phi) is 4.73. The molecule has 3 N–H and O–H groups in total. The van der Waals surface area contributed by atoms with Gasteiger partial charge >= 0.3 is 6.03 Å². The van der Waals surface area contributed by atoms with Crippen LogP contribution in [0.25, 0.3) is 0 Å². The lowest BCUT2D eigenvalue weighted by Crippen LogP contribution is -2.87. The maximum Gasteiger partial charge on any atom is 0.324 e. The first kappa shape index (κ1) is 15.7. The smallest absolute Gasteiger partial charge is 0.324 e. The fourth-order valence-corrected chi connectivity index (χ4v) is 3.55. The molecule has 2 aromatic rings. The number of nitrogens with one attached hydrogen (secondary N) is 1. The molecule has 0 spiro atoms. The number of urea groups is 1. The second kappa shape index (κ2) is 6.93. The summed E-state index contributed by atoms with van der Waals surface area (Å²) in [5, 5.41) is 6.70. The first-order chi connectivity index (χ1) is 11.1. The molecule has 3 amide bonds. The highest BCUT2D eigenvalue weighted by Crippen LogP contribution is 2.23. The van der Waals surface area contributed by atoms with E-state index in [9.17, 15) is 9.59 Å². The Morgan fingerprint density at radius 3 is 2.74 bits per heavy atom. The molecule has 1 saturated heterocycles. The second-order valence-electron chi connectivity index (χ2n) is 5.62. The minimum atomic E-state index is -0.286. The van der Waals surface area contributed by atoms with Crippen LogP contribution in [0.4, 0.5) is 4.79 Å². The quantitative estimate of drug-likeness (QED) is 0.867. The molecule has 120 valence electrons. The van der Waals surface area contributed by atoms with E-state index in [1.165, 1.54) is 15.3 Å². The van der Waals surface area contributed by atoms with Gasteiger partial charge < -0.3 is 10.6 Å². The lowest BCUT2D eigenvalue weighted by atomic mass is 10.0. The fourth-order valence-electron chi connectivity index (χ4n) is 2.70. The van der Waals surface area contributed by atoms with E-state index in [0.717, 1.165) is 5.56 Å². The minimum Gasteiger partial charge on any atom is -0.336 e. The van der Waals surface area contributed by atoms with Crippen LogP contribution < -0.4 is 10.6 Å². The van der Waals surface area contributed by atoms with Crippen molar-refractivity contribution in [3.8, 4) is 0 Å². The lowest BCUT2D eigenvalue weighted by molar-refractivity contribution is -0.676. The van der Waals surface area contributed by atoms with Gasteiger partial charge in [0.15, 0.2) is 6.54 Å². The predicted octanol–water partition coefficient (Wildman–Crippen LogP) is 1.26. The first-order valence-electron chi connectivity index (χ1n) is 7.66. The van der Waals surface area contributed by atoms with Gasteiger partial charge in [0, 0.05) is 18.7 Å². The summed E-state index contributed by atoms with van der Waals surface area (Å²) in [4.78, 5) is 26.3. The summed E-state index contributed by atoms with van der Waals surface area (Å²) in [5.74, 6) is -0.145. The van der Waals surface area contributed by atoms with Crippen LogP contribution in [0.15, 0.2) is 41.8 Å². The van der Waals surface area contributed by atoms with Crippen molar-refractivity contribution in [3.05, 3.63) is 57.8 Å². The van der Waals surface area contributed by atoms with Crippen molar-refractivity contribution >= 4 is 23.3 Å². The van der Waals surface area contributed by atoms with Crippen LogP contribution in [0.3, 0.4) is 0 Å². The summed E-state index contributed by atoms with van der Waals surface area (Å²) in [6.45, 7) is 3.31. The summed E-state index contributed by atoms with van der Waals surface area (Å²) in [5.41, 5.74) is 2.38. The van der Waals surface area contributed by atoms with Gasteiger partial charge in [0.2, 0.25) is 0 Å². The number of thiophene rings is 1. The number of imide groups is 1. The number of aryl methyl sites for hydroxylation is 1. The van der Waals surface area contributed by atoms with Crippen LogP contribution in [0, 0.1) is 6.92 Å². The molecule has 1 aromatic carbocycles. The highest BCUT2D eigenvalue weighted by molar-refractivity contribution is 7.10. The molecule has 0 unspecified atom stereocenters. The van der Waals surface area contributed by atoms with Crippen LogP contribution in [-0.4, -0.2) is 36.5 Å². The van der Waals surface area contributed by atoms with E-state index in [1.807, 2.05) is 16.8 Å². The number of nitrogens with two attached hydrogens (primary N) is 1. The van der Waals surface area contributed by atoms with Gasteiger partial charge in [-0.1, -0.05) is 35.9 Å². The molecule has 0 saturated carbocycles. The zero-order valence-electron chi connectivity index (χ0n) is 13.0. The summed E-state index contributed by atoms with van der Waals surface area (Å²) in [6.07, 6.45) is 0. The van der Waals surface area contributed by atoms with E-state index in [-0.39, 0.29) is 24.5 Å². The second-order valence-corrected chi connectivity index (χ2v) is 6.60. The van der Waals surface area contributed by atoms with Crippen molar-refractivity contribution in [2.45, 2.75) is 13.0 Å². The van der Waals surface area contributed by atoms with Crippen LogP contribution in [0.5, 0.6) is 0 Å². The highest BCUT2D eigenvalue weighted by Gasteiger charge is 2.28. The Morgan fingerprint density at radius 1 is 1.35 bits per heavy atom.